The molecule has 0 atom stereocenters. The van der Waals surface area contributed by atoms with Gasteiger partial charge in [0, 0.05) is 16.1 Å². The van der Waals surface area contributed by atoms with Crippen molar-refractivity contribution in [2.75, 3.05) is 7.11 Å². The first-order valence-electron chi connectivity index (χ1n) is 5.77. The molecule has 0 fully saturated rings. The van der Waals surface area contributed by atoms with Crippen LogP contribution < -0.4 is 4.74 Å². The van der Waals surface area contributed by atoms with Crippen LogP contribution in [0.15, 0.2) is 34.8 Å². The number of ether oxygens (including phenoxy) is 1. The Kier molecular flexibility index (Phi) is 4.18. The summed E-state index contributed by atoms with van der Waals surface area (Å²) in [5.74, 6) is -1.72. The molecule has 0 aliphatic heterocycles. The van der Waals surface area contributed by atoms with E-state index >= 15 is 0 Å². The van der Waals surface area contributed by atoms with E-state index in [0.29, 0.717) is 5.75 Å². The zero-order valence-corrected chi connectivity index (χ0v) is 12.4. The second-order valence-corrected chi connectivity index (χ2v) is 5.14. The fourth-order valence-electron chi connectivity index (χ4n) is 1.84. The van der Waals surface area contributed by atoms with Crippen molar-refractivity contribution in [3.05, 3.63) is 63.1 Å². The molecule has 0 bridgehead atoms. The van der Waals surface area contributed by atoms with Gasteiger partial charge in [-0.05, 0) is 36.8 Å². The van der Waals surface area contributed by atoms with E-state index < -0.39 is 17.4 Å². The Morgan fingerprint density at radius 1 is 1.10 bits per heavy atom. The summed E-state index contributed by atoms with van der Waals surface area (Å²) in [7, 11) is 1.44. The second-order valence-electron chi connectivity index (χ2n) is 4.29. The highest BCUT2D eigenvalue weighted by Crippen LogP contribution is 2.29. The summed E-state index contributed by atoms with van der Waals surface area (Å²) in [5, 5.41) is 0. The Morgan fingerprint density at radius 2 is 1.70 bits per heavy atom. The number of methoxy groups -OCH3 is 1. The van der Waals surface area contributed by atoms with Crippen molar-refractivity contribution in [2.45, 2.75) is 6.92 Å². The lowest BCUT2D eigenvalue weighted by atomic mass is 10.0. The average Bonchev–Trinajstić information content (AvgIpc) is 2.39. The lowest BCUT2D eigenvalue weighted by Crippen LogP contribution is -2.06. The van der Waals surface area contributed by atoms with Crippen LogP contribution in [0.5, 0.6) is 5.75 Å². The van der Waals surface area contributed by atoms with Crippen LogP contribution >= 0.6 is 15.9 Å². The summed E-state index contributed by atoms with van der Waals surface area (Å²) >= 11 is 3.32. The average molecular weight is 341 g/mol. The van der Waals surface area contributed by atoms with Gasteiger partial charge < -0.3 is 4.74 Å². The predicted molar refractivity (Wildman–Crippen MR) is 75.2 cm³/mol. The Hall–Kier alpha value is -1.75. The minimum atomic E-state index is -0.793. The number of halogens is 3. The van der Waals surface area contributed by atoms with Crippen LogP contribution in [0.2, 0.25) is 0 Å². The van der Waals surface area contributed by atoms with Crippen LogP contribution in [-0.2, 0) is 0 Å². The summed E-state index contributed by atoms with van der Waals surface area (Å²) in [6.45, 7) is 1.85. The maximum atomic E-state index is 13.2. The molecule has 0 saturated heterocycles. The fourth-order valence-corrected chi connectivity index (χ4v) is 2.19. The van der Waals surface area contributed by atoms with Crippen LogP contribution in [0.3, 0.4) is 0 Å². The number of hydrogen-bond donors (Lipinski definition) is 0. The zero-order chi connectivity index (χ0) is 14.9. The Balaban J connectivity index is 2.55. The van der Waals surface area contributed by atoms with Gasteiger partial charge in [0.25, 0.3) is 0 Å². The number of carbonyl (C=O) groups excluding carboxylic acids is 1. The topological polar surface area (TPSA) is 26.3 Å². The molecule has 104 valence electrons. The van der Waals surface area contributed by atoms with Crippen molar-refractivity contribution in [3.8, 4) is 5.75 Å². The molecule has 0 aromatic heterocycles. The molecule has 0 N–H and O–H groups in total. The Labute approximate surface area is 123 Å². The van der Waals surface area contributed by atoms with E-state index in [9.17, 15) is 13.6 Å². The number of rotatable bonds is 3. The smallest absolute Gasteiger partial charge is 0.196 e. The van der Waals surface area contributed by atoms with Gasteiger partial charge in [-0.2, -0.15) is 0 Å². The summed E-state index contributed by atoms with van der Waals surface area (Å²) in [6.07, 6.45) is 0. The molecular formula is C15H11BrF2O2. The van der Waals surface area contributed by atoms with Crippen molar-refractivity contribution in [2.24, 2.45) is 0 Å². The van der Waals surface area contributed by atoms with Gasteiger partial charge in [-0.15, -0.1) is 0 Å². The van der Waals surface area contributed by atoms with E-state index in [1.807, 2.05) is 6.92 Å². The highest BCUT2D eigenvalue weighted by Gasteiger charge is 2.17. The van der Waals surface area contributed by atoms with Gasteiger partial charge in [-0.1, -0.05) is 15.9 Å². The molecule has 0 amide bonds. The van der Waals surface area contributed by atoms with Crippen molar-refractivity contribution in [3.63, 3.8) is 0 Å². The number of carbonyl (C=O) groups is 1. The van der Waals surface area contributed by atoms with Gasteiger partial charge in [-0.3, -0.25) is 4.79 Å². The van der Waals surface area contributed by atoms with Gasteiger partial charge in [0.15, 0.2) is 5.78 Å². The van der Waals surface area contributed by atoms with Gasteiger partial charge in [-0.25, -0.2) is 8.78 Å². The standard InChI is InChI=1S/C15H11BrF2O2/c1-8-3-14(20-2)12(7-13(8)16)15(19)9-4-10(17)6-11(18)5-9/h3-7H,1-2H3. The third kappa shape index (κ3) is 2.88. The fraction of sp³-hybridized carbons (Fsp3) is 0.133. The maximum absolute atomic E-state index is 13.2. The SMILES string of the molecule is COc1cc(C)c(Br)cc1C(=O)c1cc(F)cc(F)c1. The van der Waals surface area contributed by atoms with E-state index in [0.717, 1.165) is 28.2 Å². The summed E-state index contributed by atoms with van der Waals surface area (Å²) in [6, 6.07) is 5.99. The number of benzene rings is 2. The molecule has 2 nitrogen and oxygen atoms in total. The zero-order valence-electron chi connectivity index (χ0n) is 10.8. The molecule has 0 heterocycles. The predicted octanol–water partition coefficient (Wildman–Crippen LogP) is 4.28. The minimum absolute atomic E-state index is 0.0587. The van der Waals surface area contributed by atoms with Crippen LogP contribution in [-0.4, -0.2) is 12.9 Å². The first-order valence-corrected chi connectivity index (χ1v) is 6.56. The van der Waals surface area contributed by atoms with Crippen LogP contribution in [0.1, 0.15) is 21.5 Å². The number of ketones is 1. The van der Waals surface area contributed by atoms with Gasteiger partial charge in [0.05, 0.1) is 12.7 Å². The van der Waals surface area contributed by atoms with E-state index in [2.05, 4.69) is 15.9 Å². The molecule has 0 radical (unpaired) electrons. The minimum Gasteiger partial charge on any atom is -0.496 e. The molecule has 0 aliphatic carbocycles. The first kappa shape index (κ1) is 14.7. The molecule has 2 rings (SSSR count). The molecular weight excluding hydrogens is 330 g/mol. The quantitative estimate of drug-likeness (QED) is 0.779. The lowest BCUT2D eigenvalue weighted by molar-refractivity contribution is 0.103. The summed E-state index contributed by atoms with van der Waals surface area (Å²) < 4.78 is 32.3. The molecule has 20 heavy (non-hydrogen) atoms. The molecule has 2 aromatic carbocycles. The Bertz CT molecular complexity index is 664. The highest BCUT2D eigenvalue weighted by molar-refractivity contribution is 9.10. The summed E-state index contributed by atoms with van der Waals surface area (Å²) in [4.78, 5) is 12.4. The number of hydrogen-bond acceptors (Lipinski definition) is 2. The van der Waals surface area contributed by atoms with Gasteiger partial charge in [0.1, 0.15) is 17.4 Å². The lowest BCUT2D eigenvalue weighted by Gasteiger charge is -2.10. The summed E-state index contributed by atoms with van der Waals surface area (Å²) in [5.41, 5.74) is 1.08. The Morgan fingerprint density at radius 3 is 2.25 bits per heavy atom. The van der Waals surface area contributed by atoms with Gasteiger partial charge in [0.2, 0.25) is 0 Å². The molecule has 0 aliphatic rings. The number of aryl methyl sites for hydroxylation is 1. The first-order chi connectivity index (χ1) is 9.42. The highest BCUT2D eigenvalue weighted by atomic mass is 79.9. The van der Waals surface area contributed by atoms with Crippen molar-refractivity contribution < 1.29 is 18.3 Å². The van der Waals surface area contributed by atoms with Crippen LogP contribution in [0.25, 0.3) is 0 Å². The van der Waals surface area contributed by atoms with E-state index in [1.54, 1.807) is 12.1 Å². The monoisotopic (exact) mass is 340 g/mol. The van der Waals surface area contributed by atoms with E-state index in [4.69, 9.17) is 4.74 Å². The van der Waals surface area contributed by atoms with E-state index in [-0.39, 0.29) is 11.1 Å². The van der Waals surface area contributed by atoms with Crippen LogP contribution in [0, 0.1) is 18.6 Å². The normalized spacial score (nSPS) is 10.4. The van der Waals surface area contributed by atoms with E-state index in [1.165, 1.54) is 7.11 Å². The molecule has 0 unspecified atom stereocenters. The van der Waals surface area contributed by atoms with Crippen molar-refractivity contribution >= 4 is 21.7 Å². The molecule has 2 aromatic rings. The molecule has 5 heteroatoms. The molecule has 0 spiro atoms. The second kappa shape index (κ2) is 5.71. The maximum Gasteiger partial charge on any atom is 0.196 e. The molecule has 0 saturated carbocycles. The van der Waals surface area contributed by atoms with Crippen molar-refractivity contribution in [1.29, 1.82) is 0 Å². The largest absolute Gasteiger partial charge is 0.496 e. The van der Waals surface area contributed by atoms with Crippen molar-refractivity contribution in [1.82, 2.24) is 0 Å². The third-order valence-corrected chi connectivity index (χ3v) is 3.70. The van der Waals surface area contributed by atoms with Crippen LogP contribution in [0.4, 0.5) is 8.78 Å². The van der Waals surface area contributed by atoms with Gasteiger partial charge >= 0.3 is 0 Å². The third-order valence-electron chi connectivity index (χ3n) is 2.85.